The molecule has 0 saturated heterocycles. The Balaban J connectivity index is 1.92. The van der Waals surface area contributed by atoms with E-state index in [4.69, 9.17) is 11.6 Å². The Morgan fingerprint density at radius 1 is 1.18 bits per heavy atom. The average molecular weight is 323 g/mol. The fourth-order valence-electron chi connectivity index (χ4n) is 2.72. The van der Waals surface area contributed by atoms with E-state index in [1.165, 1.54) is 24.0 Å². The van der Waals surface area contributed by atoms with Gasteiger partial charge < -0.3 is 10.6 Å². The van der Waals surface area contributed by atoms with Gasteiger partial charge in [0.2, 0.25) is 0 Å². The number of hydrogen-bond acceptors (Lipinski definition) is 2. The maximum atomic E-state index is 11.9. The van der Waals surface area contributed by atoms with Crippen molar-refractivity contribution in [2.75, 3.05) is 12.4 Å². The number of nitrogens with one attached hydrogen (secondary N) is 2. The number of aryl methyl sites for hydroxylation is 2. The van der Waals surface area contributed by atoms with Crippen molar-refractivity contribution in [2.24, 2.45) is 0 Å². The van der Waals surface area contributed by atoms with Gasteiger partial charge in [-0.2, -0.15) is 0 Å². The molecule has 0 radical (unpaired) electrons. The van der Waals surface area contributed by atoms with Gasteiger partial charge in [-0.25, -0.2) is 0 Å². The lowest BCUT2D eigenvalue weighted by molar-refractivity contribution is -0.139. The summed E-state index contributed by atoms with van der Waals surface area (Å²) in [5.74, 6) is -0.734. The molecule has 22 heavy (non-hydrogen) atoms. The predicted molar refractivity (Wildman–Crippen MR) is 88.0 cm³/mol. The van der Waals surface area contributed by atoms with Gasteiger partial charge in [-0.05, 0) is 55.7 Å². The molecule has 120 valence electrons. The molecule has 0 fully saturated rings. The largest absolute Gasteiger partial charge is 0.348 e. The Kier molecular flexibility index (Phi) is 6.25. The normalized spacial score (nSPS) is 14.8. The fraction of sp³-hybridized carbons (Fsp3) is 0.529. The molecule has 1 aliphatic carbocycles. The molecule has 0 aliphatic heterocycles. The molecule has 2 rings (SSSR count). The van der Waals surface area contributed by atoms with Gasteiger partial charge in [0.05, 0.1) is 6.04 Å². The molecule has 4 nitrogen and oxygen atoms in total. The first-order valence-corrected chi connectivity index (χ1v) is 8.41. The highest BCUT2D eigenvalue weighted by Crippen LogP contribution is 2.24. The Hall–Kier alpha value is -1.55. The number of hydrogen-bond donors (Lipinski definition) is 2. The smallest absolute Gasteiger partial charge is 0.309 e. The van der Waals surface area contributed by atoms with Crippen LogP contribution in [0.5, 0.6) is 0 Å². The molecule has 0 spiro atoms. The van der Waals surface area contributed by atoms with Gasteiger partial charge in [0.25, 0.3) is 0 Å². The van der Waals surface area contributed by atoms with Crippen molar-refractivity contribution in [3.63, 3.8) is 0 Å². The molecule has 0 bridgehead atoms. The van der Waals surface area contributed by atoms with Crippen LogP contribution in [0.15, 0.2) is 18.2 Å². The highest BCUT2D eigenvalue weighted by Gasteiger charge is 2.18. The first kappa shape index (κ1) is 16.8. The van der Waals surface area contributed by atoms with E-state index < -0.39 is 11.8 Å². The van der Waals surface area contributed by atoms with Gasteiger partial charge in [0.15, 0.2) is 0 Å². The summed E-state index contributed by atoms with van der Waals surface area (Å²) in [7, 11) is 0. The quantitative estimate of drug-likeness (QED) is 0.497. The highest BCUT2D eigenvalue weighted by molar-refractivity contribution is 6.35. The molecule has 1 aromatic carbocycles. The third kappa shape index (κ3) is 4.47. The minimum Gasteiger partial charge on any atom is -0.348 e. The number of halogens is 1. The molecule has 2 N–H and O–H groups in total. The van der Waals surface area contributed by atoms with Crippen molar-refractivity contribution < 1.29 is 9.59 Å². The van der Waals surface area contributed by atoms with E-state index >= 15 is 0 Å². The van der Waals surface area contributed by atoms with Crippen LogP contribution in [0.25, 0.3) is 0 Å². The van der Waals surface area contributed by atoms with Crippen LogP contribution < -0.4 is 10.6 Å². The summed E-state index contributed by atoms with van der Waals surface area (Å²) < 4.78 is 0. The number of carbonyl (C=O) groups is 2. The third-order valence-corrected chi connectivity index (χ3v) is 4.29. The summed E-state index contributed by atoms with van der Waals surface area (Å²) in [6.45, 7) is 2.32. The number of amides is 2. The first-order chi connectivity index (χ1) is 10.6. The molecular weight excluding hydrogens is 300 g/mol. The standard InChI is InChI=1S/C17H23ClN2O2/c1-12(20-17(22)16(21)19-10-4-9-18)14-8-7-13-5-2-3-6-15(13)11-14/h7-8,11-12H,2-6,9-10H2,1H3,(H,19,21)(H,20,22). The van der Waals surface area contributed by atoms with E-state index in [9.17, 15) is 9.59 Å². The fourth-order valence-corrected chi connectivity index (χ4v) is 2.85. The zero-order valence-electron chi connectivity index (χ0n) is 13.0. The summed E-state index contributed by atoms with van der Waals surface area (Å²) in [5.41, 5.74) is 3.83. The van der Waals surface area contributed by atoms with Crippen molar-refractivity contribution >= 4 is 23.4 Å². The van der Waals surface area contributed by atoms with Crippen molar-refractivity contribution in [1.29, 1.82) is 0 Å². The van der Waals surface area contributed by atoms with Crippen molar-refractivity contribution in [3.05, 3.63) is 34.9 Å². The number of rotatable bonds is 5. The Labute approximate surface area is 136 Å². The molecule has 1 aromatic rings. The summed E-state index contributed by atoms with van der Waals surface area (Å²) in [6, 6.07) is 6.16. The summed E-state index contributed by atoms with van der Waals surface area (Å²) in [6.07, 6.45) is 5.37. The summed E-state index contributed by atoms with van der Waals surface area (Å²) in [4.78, 5) is 23.5. The highest BCUT2D eigenvalue weighted by atomic mass is 35.5. The van der Waals surface area contributed by atoms with E-state index in [0.717, 1.165) is 18.4 Å². The second-order valence-corrected chi connectivity index (χ2v) is 6.11. The van der Waals surface area contributed by atoms with Crippen LogP contribution in [0.4, 0.5) is 0 Å². The van der Waals surface area contributed by atoms with E-state index in [0.29, 0.717) is 18.8 Å². The third-order valence-electron chi connectivity index (χ3n) is 4.02. The Morgan fingerprint density at radius 3 is 2.64 bits per heavy atom. The minimum absolute atomic E-state index is 0.182. The van der Waals surface area contributed by atoms with Gasteiger partial charge in [0, 0.05) is 12.4 Å². The van der Waals surface area contributed by atoms with Crippen LogP contribution in [0.2, 0.25) is 0 Å². The monoisotopic (exact) mass is 322 g/mol. The van der Waals surface area contributed by atoms with Crippen LogP contribution in [-0.4, -0.2) is 24.2 Å². The van der Waals surface area contributed by atoms with Crippen LogP contribution in [0.1, 0.15) is 48.9 Å². The van der Waals surface area contributed by atoms with E-state index in [-0.39, 0.29) is 6.04 Å². The molecule has 2 amide bonds. The summed E-state index contributed by atoms with van der Waals surface area (Å²) >= 11 is 5.54. The molecule has 0 saturated carbocycles. The molecule has 0 aromatic heterocycles. The zero-order chi connectivity index (χ0) is 15.9. The number of alkyl halides is 1. The molecule has 1 atom stereocenters. The molecule has 1 unspecified atom stereocenters. The summed E-state index contributed by atoms with van der Waals surface area (Å²) in [5, 5.41) is 5.30. The lowest BCUT2D eigenvalue weighted by Gasteiger charge is -2.20. The van der Waals surface area contributed by atoms with Crippen molar-refractivity contribution in [3.8, 4) is 0 Å². The topological polar surface area (TPSA) is 58.2 Å². The lowest BCUT2D eigenvalue weighted by atomic mass is 9.89. The van der Waals surface area contributed by atoms with Gasteiger partial charge in [-0.15, -0.1) is 11.6 Å². The average Bonchev–Trinajstić information content (AvgIpc) is 2.54. The van der Waals surface area contributed by atoms with Gasteiger partial charge >= 0.3 is 11.8 Å². The van der Waals surface area contributed by atoms with Crippen LogP contribution in [0, 0.1) is 0 Å². The van der Waals surface area contributed by atoms with Crippen LogP contribution in [-0.2, 0) is 22.4 Å². The second-order valence-electron chi connectivity index (χ2n) is 5.73. The van der Waals surface area contributed by atoms with Gasteiger partial charge in [-0.1, -0.05) is 18.2 Å². The van der Waals surface area contributed by atoms with Crippen molar-refractivity contribution in [2.45, 2.75) is 45.1 Å². The van der Waals surface area contributed by atoms with Crippen LogP contribution in [0.3, 0.4) is 0 Å². The van der Waals surface area contributed by atoms with Gasteiger partial charge in [0.1, 0.15) is 0 Å². The SMILES string of the molecule is CC(NC(=O)C(=O)NCCCCl)c1ccc2c(c1)CCCC2. The van der Waals surface area contributed by atoms with Gasteiger partial charge in [-0.3, -0.25) is 9.59 Å². The molecular formula is C17H23ClN2O2. The predicted octanol–water partition coefficient (Wildman–Crippen LogP) is 2.49. The molecule has 0 heterocycles. The molecule has 1 aliphatic rings. The van der Waals surface area contributed by atoms with E-state index in [2.05, 4.69) is 22.8 Å². The Morgan fingerprint density at radius 2 is 1.91 bits per heavy atom. The number of carbonyl (C=O) groups excluding carboxylic acids is 2. The maximum absolute atomic E-state index is 11.9. The Bertz CT molecular complexity index is 545. The molecule has 5 heteroatoms. The number of fused-ring (bicyclic) bond motifs is 1. The van der Waals surface area contributed by atoms with Crippen LogP contribution >= 0.6 is 11.6 Å². The zero-order valence-corrected chi connectivity index (χ0v) is 13.7. The van der Waals surface area contributed by atoms with Crippen molar-refractivity contribution in [1.82, 2.24) is 10.6 Å². The second kappa shape index (κ2) is 8.18. The minimum atomic E-state index is -0.602. The number of benzene rings is 1. The van der Waals surface area contributed by atoms with E-state index in [1.54, 1.807) is 0 Å². The van der Waals surface area contributed by atoms with E-state index in [1.807, 2.05) is 13.0 Å². The maximum Gasteiger partial charge on any atom is 0.309 e. The first-order valence-electron chi connectivity index (χ1n) is 7.88. The lowest BCUT2D eigenvalue weighted by Crippen LogP contribution is -2.41.